The smallest absolute Gasteiger partial charge is 0.0533 e. The number of unbranched alkanes of at least 4 members (excludes halogenated alkanes) is 2. The lowest BCUT2D eigenvalue weighted by atomic mass is 10.1. The zero-order chi connectivity index (χ0) is 11.5. The highest BCUT2D eigenvalue weighted by Gasteiger charge is 1.98. The van der Waals surface area contributed by atoms with Crippen molar-refractivity contribution in [2.75, 3.05) is 13.1 Å². The molecular formula is C11H27N3S. The second-order valence-electron chi connectivity index (χ2n) is 4.11. The van der Waals surface area contributed by atoms with E-state index in [1.54, 1.807) is 0 Å². The summed E-state index contributed by atoms with van der Waals surface area (Å²) in [5.41, 5.74) is 10.9. The first kappa shape index (κ1) is 15.2. The van der Waals surface area contributed by atoms with Crippen LogP contribution in [0, 0.1) is 0 Å². The number of nitrogens with one attached hydrogen (secondary N) is 1. The Morgan fingerprint density at radius 2 is 1.80 bits per heavy atom. The molecule has 0 heterocycles. The Kier molecular flexibility index (Phi) is 10.9. The SMILES string of the molecule is CCC(S)CCCCCNCCC(N)N. The molecular weight excluding hydrogens is 206 g/mol. The van der Waals surface area contributed by atoms with Gasteiger partial charge in [0.15, 0.2) is 0 Å². The lowest BCUT2D eigenvalue weighted by molar-refractivity contribution is 0.542. The van der Waals surface area contributed by atoms with Crippen LogP contribution in [0.25, 0.3) is 0 Å². The van der Waals surface area contributed by atoms with Crippen LogP contribution in [0.1, 0.15) is 45.4 Å². The van der Waals surface area contributed by atoms with Crippen molar-refractivity contribution in [2.45, 2.75) is 56.9 Å². The summed E-state index contributed by atoms with van der Waals surface area (Å²) < 4.78 is 0. The molecule has 3 nitrogen and oxygen atoms in total. The maximum absolute atomic E-state index is 5.43. The van der Waals surface area contributed by atoms with Gasteiger partial charge in [-0.3, -0.25) is 0 Å². The lowest BCUT2D eigenvalue weighted by Crippen LogP contribution is -2.34. The third-order valence-corrected chi connectivity index (χ3v) is 3.14. The zero-order valence-electron chi connectivity index (χ0n) is 9.91. The molecule has 1 unspecified atom stereocenters. The molecule has 0 amide bonds. The van der Waals surface area contributed by atoms with Crippen LogP contribution in [0.2, 0.25) is 0 Å². The van der Waals surface area contributed by atoms with E-state index in [9.17, 15) is 0 Å². The first-order valence-electron chi connectivity index (χ1n) is 6.06. The van der Waals surface area contributed by atoms with Gasteiger partial charge >= 0.3 is 0 Å². The summed E-state index contributed by atoms with van der Waals surface area (Å²) >= 11 is 4.47. The molecule has 92 valence electrons. The fourth-order valence-corrected chi connectivity index (χ4v) is 1.59. The normalized spacial score (nSPS) is 13.4. The maximum atomic E-state index is 5.43. The van der Waals surface area contributed by atoms with Gasteiger partial charge in [0.1, 0.15) is 0 Å². The molecule has 0 aromatic carbocycles. The monoisotopic (exact) mass is 233 g/mol. The summed E-state index contributed by atoms with van der Waals surface area (Å²) in [7, 11) is 0. The minimum atomic E-state index is -0.174. The van der Waals surface area contributed by atoms with Gasteiger partial charge in [-0.25, -0.2) is 0 Å². The second kappa shape index (κ2) is 10.7. The average molecular weight is 233 g/mol. The van der Waals surface area contributed by atoms with Gasteiger partial charge in [0.25, 0.3) is 0 Å². The molecule has 5 N–H and O–H groups in total. The van der Waals surface area contributed by atoms with E-state index in [0.717, 1.165) is 19.5 Å². The minimum Gasteiger partial charge on any atom is -0.317 e. The molecule has 0 spiro atoms. The molecule has 0 rings (SSSR count). The van der Waals surface area contributed by atoms with Crippen molar-refractivity contribution in [1.82, 2.24) is 5.32 Å². The Balaban J connectivity index is 2.99. The predicted molar refractivity (Wildman–Crippen MR) is 71.2 cm³/mol. The van der Waals surface area contributed by atoms with Gasteiger partial charge in [0.05, 0.1) is 6.17 Å². The molecule has 15 heavy (non-hydrogen) atoms. The number of thiol groups is 1. The Morgan fingerprint density at radius 3 is 2.40 bits per heavy atom. The number of hydrogen-bond acceptors (Lipinski definition) is 4. The van der Waals surface area contributed by atoms with Gasteiger partial charge in [0, 0.05) is 5.25 Å². The molecule has 0 bridgehead atoms. The zero-order valence-corrected chi connectivity index (χ0v) is 10.8. The summed E-state index contributed by atoms with van der Waals surface area (Å²) in [5.74, 6) is 0. The van der Waals surface area contributed by atoms with Crippen LogP contribution in [-0.4, -0.2) is 24.5 Å². The van der Waals surface area contributed by atoms with E-state index >= 15 is 0 Å². The van der Waals surface area contributed by atoms with Crippen LogP contribution in [-0.2, 0) is 0 Å². The largest absolute Gasteiger partial charge is 0.317 e. The molecule has 1 atom stereocenters. The van der Waals surface area contributed by atoms with E-state index in [1.165, 1.54) is 32.1 Å². The standard InChI is InChI=1S/C11H27N3S/c1-2-10(15)6-4-3-5-8-14-9-7-11(12)13/h10-11,14-15H,2-9,12-13H2,1H3. The van der Waals surface area contributed by atoms with Gasteiger partial charge in [-0.2, -0.15) is 12.6 Å². The summed E-state index contributed by atoms with van der Waals surface area (Å²) in [4.78, 5) is 0. The molecule has 0 aliphatic rings. The second-order valence-corrected chi connectivity index (χ2v) is 4.84. The Bertz CT molecular complexity index is 131. The molecule has 0 radical (unpaired) electrons. The van der Waals surface area contributed by atoms with Gasteiger partial charge in [-0.15, -0.1) is 0 Å². The van der Waals surface area contributed by atoms with E-state index in [4.69, 9.17) is 11.5 Å². The summed E-state index contributed by atoms with van der Waals surface area (Å²) in [6.45, 7) is 4.20. The molecule has 0 fully saturated rings. The van der Waals surface area contributed by atoms with Crippen LogP contribution in [0.3, 0.4) is 0 Å². The lowest BCUT2D eigenvalue weighted by Gasteiger charge is -2.08. The van der Waals surface area contributed by atoms with Crippen molar-refractivity contribution in [2.24, 2.45) is 11.5 Å². The Hall–Kier alpha value is 0.230. The molecule has 0 aliphatic heterocycles. The van der Waals surface area contributed by atoms with Crippen LogP contribution in [0.15, 0.2) is 0 Å². The van der Waals surface area contributed by atoms with Crippen molar-refractivity contribution in [3.8, 4) is 0 Å². The van der Waals surface area contributed by atoms with E-state index in [-0.39, 0.29) is 6.17 Å². The fraction of sp³-hybridized carbons (Fsp3) is 1.00. The molecule has 0 aromatic heterocycles. The average Bonchev–Trinajstić information content (AvgIpc) is 2.21. The minimum absolute atomic E-state index is 0.174. The number of hydrogen-bond donors (Lipinski definition) is 4. The van der Waals surface area contributed by atoms with E-state index < -0.39 is 0 Å². The van der Waals surface area contributed by atoms with Crippen molar-refractivity contribution in [3.05, 3.63) is 0 Å². The highest BCUT2D eigenvalue weighted by atomic mass is 32.1. The predicted octanol–water partition coefficient (Wildman–Crippen LogP) is 1.48. The summed E-state index contributed by atoms with van der Waals surface area (Å²) in [6, 6.07) is 0. The Labute approximate surface area is 99.8 Å². The molecule has 0 saturated carbocycles. The molecule has 0 aliphatic carbocycles. The molecule has 0 saturated heterocycles. The maximum Gasteiger partial charge on any atom is 0.0533 e. The van der Waals surface area contributed by atoms with Crippen molar-refractivity contribution >= 4 is 12.6 Å². The van der Waals surface area contributed by atoms with E-state index in [2.05, 4.69) is 24.9 Å². The third kappa shape index (κ3) is 12.2. The summed E-state index contributed by atoms with van der Waals surface area (Å²) in [5, 5.41) is 3.93. The molecule has 4 heteroatoms. The van der Waals surface area contributed by atoms with Crippen LogP contribution >= 0.6 is 12.6 Å². The van der Waals surface area contributed by atoms with Crippen LogP contribution in [0.5, 0.6) is 0 Å². The van der Waals surface area contributed by atoms with E-state index in [1.807, 2.05) is 0 Å². The third-order valence-electron chi connectivity index (χ3n) is 2.52. The number of rotatable bonds is 10. The van der Waals surface area contributed by atoms with E-state index in [0.29, 0.717) is 5.25 Å². The van der Waals surface area contributed by atoms with Crippen LogP contribution in [0.4, 0.5) is 0 Å². The van der Waals surface area contributed by atoms with Crippen LogP contribution < -0.4 is 16.8 Å². The highest BCUT2D eigenvalue weighted by Crippen LogP contribution is 2.10. The molecule has 0 aromatic rings. The van der Waals surface area contributed by atoms with Gasteiger partial charge < -0.3 is 16.8 Å². The first-order chi connectivity index (χ1) is 7.16. The Morgan fingerprint density at radius 1 is 1.07 bits per heavy atom. The highest BCUT2D eigenvalue weighted by molar-refractivity contribution is 7.80. The van der Waals surface area contributed by atoms with Gasteiger partial charge in [0.2, 0.25) is 0 Å². The van der Waals surface area contributed by atoms with Gasteiger partial charge in [-0.05, 0) is 38.8 Å². The summed E-state index contributed by atoms with van der Waals surface area (Å²) in [6.07, 6.45) is 6.92. The fourth-order valence-electron chi connectivity index (χ4n) is 1.40. The first-order valence-corrected chi connectivity index (χ1v) is 6.58. The topological polar surface area (TPSA) is 64.1 Å². The van der Waals surface area contributed by atoms with Gasteiger partial charge in [-0.1, -0.05) is 19.8 Å². The van der Waals surface area contributed by atoms with Crippen molar-refractivity contribution in [3.63, 3.8) is 0 Å². The number of nitrogens with two attached hydrogens (primary N) is 2. The van der Waals surface area contributed by atoms with Crippen molar-refractivity contribution < 1.29 is 0 Å². The quantitative estimate of drug-likeness (QED) is 0.262. The van der Waals surface area contributed by atoms with Crippen molar-refractivity contribution in [1.29, 1.82) is 0 Å².